The van der Waals surface area contributed by atoms with E-state index in [1.165, 1.54) is 9.80 Å². The van der Waals surface area contributed by atoms with Gasteiger partial charge >= 0.3 is 5.97 Å². The standard InChI is InChI=1S/C23H20N2O4S2/c1-4-29-18(26)12-24-17-10-6-5-9-15(17)19(21(24)27)20-22(28)25(23(30)31-20)16-11-7-8-13(2)14(16)3/h5-11H,4,12H2,1-3H3. The predicted molar refractivity (Wildman–Crippen MR) is 126 cm³/mol. The fraction of sp³-hybridized carbons (Fsp3) is 0.217. The van der Waals surface area contributed by atoms with E-state index >= 15 is 0 Å². The molecule has 0 unspecified atom stereocenters. The maximum absolute atomic E-state index is 13.5. The van der Waals surface area contributed by atoms with Crippen LogP contribution < -0.4 is 9.80 Å². The number of carbonyl (C=O) groups is 3. The van der Waals surface area contributed by atoms with Crippen molar-refractivity contribution in [1.82, 2.24) is 0 Å². The molecule has 2 aliphatic rings. The van der Waals surface area contributed by atoms with Crippen molar-refractivity contribution in [2.75, 3.05) is 23.0 Å². The molecule has 2 aromatic carbocycles. The number of ether oxygens (including phenoxy) is 1. The highest BCUT2D eigenvalue weighted by molar-refractivity contribution is 8.27. The summed E-state index contributed by atoms with van der Waals surface area (Å²) in [6.45, 7) is 5.63. The van der Waals surface area contributed by atoms with Gasteiger partial charge in [-0.05, 0) is 44.0 Å². The normalized spacial score (nSPS) is 18.1. The summed E-state index contributed by atoms with van der Waals surface area (Å²) in [4.78, 5) is 42.0. The summed E-state index contributed by atoms with van der Waals surface area (Å²) in [5.74, 6) is -1.25. The van der Waals surface area contributed by atoms with Crippen LogP contribution in [0.25, 0.3) is 5.57 Å². The lowest BCUT2D eigenvalue weighted by Crippen LogP contribution is -2.34. The molecule has 0 N–H and O–H groups in total. The predicted octanol–water partition coefficient (Wildman–Crippen LogP) is 3.99. The van der Waals surface area contributed by atoms with Gasteiger partial charge in [-0.3, -0.25) is 24.2 Å². The highest BCUT2D eigenvalue weighted by atomic mass is 32.2. The number of carbonyl (C=O) groups excluding carboxylic acids is 3. The number of nitrogens with zero attached hydrogens (tertiary/aromatic N) is 2. The first-order chi connectivity index (χ1) is 14.8. The maximum Gasteiger partial charge on any atom is 0.326 e. The van der Waals surface area contributed by atoms with Crippen molar-refractivity contribution < 1.29 is 19.1 Å². The van der Waals surface area contributed by atoms with Crippen molar-refractivity contribution in [2.24, 2.45) is 0 Å². The Hall–Kier alpha value is -2.97. The van der Waals surface area contributed by atoms with E-state index in [2.05, 4.69) is 0 Å². The summed E-state index contributed by atoms with van der Waals surface area (Å²) in [5, 5.41) is 0. The Kier molecular flexibility index (Phi) is 5.68. The molecule has 4 rings (SSSR count). The van der Waals surface area contributed by atoms with Crippen LogP contribution in [-0.4, -0.2) is 35.3 Å². The Morgan fingerprint density at radius 1 is 1.03 bits per heavy atom. The molecule has 0 saturated carbocycles. The Balaban J connectivity index is 1.79. The first kappa shape index (κ1) is 21.3. The van der Waals surface area contributed by atoms with E-state index in [1.54, 1.807) is 31.2 Å². The summed E-state index contributed by atoms with van der Waals surface area (Å²) in [6.07, 6.45) is 0. The molecule has 31 heavy (non-hydrogen) atoms. The van der Waals surface area contributed by atoms with Gasteiger partial charge in [0.2, 0.25) is 0 Å². The molecule has 0 bridgehead atoms. The molecular formula is C23H20N2O4S2. The molecule has 1 saturated heterocycles. The monoisotopic (exact) mass is 452 g/mol. The zero-order valence-electron chi connectivity index (χ0n) is 17.3. The molecular weight excluding hydrogens is 432 g/mol. The van der Waals surface area contributed by atoms with Gasteiger partial charge in [0.15, 0.2) is 4.32 Å². The fourth-order valence-electron chi connectivity index (χ4n) is 3.70. The summed E-state index contributed by atoms with van der Waals surface area (Å²) in [5.41, 5.74) is 4.16. The molecule has 0 aromatic heterocycles. The molecule has 0 spiro atoms. The summed E-state index contributed by atoms with van der Waals surface area (Å²) in [6, 6.07) is 12.8. The lowest BCUT2D eigenvalue weighted by atomic mass is 10.1. The van der Waals surface area contributed by atoms with Gasteiger partial charge in [0.05, 0.1) is 28.5 Å². The maximum atomic E-state index is 13.5. The van der Waals surface area contributed by atoms with Crippen LogP contribution in [0.15, 0.2) is 47.4 Å². The molecule has 2 heterocycles. The number of hydrogen-bond donors (Lipinski definition) is 0. The number of esters is 1. The highest BCUT2D eigenvalue weighted by Crippen LogP contribution is 2.46. The topological polar surface area (TPSA) is 66.9 Å². The van der Waals surface area contributed by atoms with E-state index in [-0.39, 0.29) is 29.5 Å². The molecule has 8 heteroatoms. The van der Waals surface area contributed by atoms with Gasteiger partial charge in [-0.15, -0.1) is 0 Å². The zero-order valence-corrected chi connectivity index (χ0v) is 18.9. The van der Waals surface area contributed by atoms with Crippen LogP contribution in [0.1, 0.15) is 23.6 Å². The van der Waals surface area contributed by atoms with Gasteiger partial charge in [0.1, 0.15) is 6.54 Å². The van der Waals surface area contributed by atoms with Crippen LogP contribution in [0.3, 0.4) is 0 Å². The minimum absolute atomic E-state index is 0.218. The Bertz CT molecular complexity index is 1170. The van der Waals surface area contributed by atoms with E-state index in [4.69, 9.17) is 17.0 Å². The van der Waals surface area contributed by atoms with Gasteiger partial charge in [-0.25, -0.2) is 0 Å². The smallest absolute Gasteiger partial charge is 0.326 e. The van der Waals surface area contributed by atoms with Gasteiger partial charge in [-0.1, -0.05) is 54.3 Å². The van der Waals surface area contributed by atoms with Crippen molar-refractivity contribution in [1.29, 1.82) is 0 Å². The molecule has 0 atom stereocenters. The van der Waals surface area contributed by atoms with Gasteiger partial charge in [0.25, 0.3) is 11.8 Å². The number of anilines is 2. The number of thiocarbonyl (C=S) groups is 1. The van der Waals surface area contributed by atoms with Crippen molar-refractivity contribution in [3.63, 3.8) is 0 Å². The van der Waals surface area contributed by atoms with Crippen LogP contribution in [0.4, 0.5) is 11.4 Å². The number of benzene rings is 2. The summed E-state index contributed by atoms with van der Waals surface area (Å²) < 4.78 is 5.39. The van der Waals surface area contributed by atoms with Crippen molar-refractivity contribution >= 4 is 63.0 Å². The zero-order chi connectivity index (χ0) is 22.3. The average molecular weight is 453 g/mol. The molecule has 158 valence electrons. The van der Waals surface area contributed by atoms with E-state index < -0.39 is 11.9 Å². The second kappa shape index (κ2) is 8.28. The fourth-order valence-corrected chi connectivity index (χ4v) is 5.05. The number of amides is 2. The second-order valence-corrected chi connectivity index (χ2v) is 8.79. The molecule has 6 nitrogen and oxygen atoms in total. The summed E-state index contributed by atoms with van der Waals surface area (Å²) in [7, 11) is 0. The Morgan fingerprint density at radius 2 is 1.74 bits per heavy atom. The third kappa shape index (κ3) is 3.55. The van der Waals surface area contributed by atoms with E-state index in [0.717, 1.165) is 22.9 Å². The third-order valence-corrected chi connectivity index (χ3v) is 6.70. The summed E-state index contributed by atoms with van der Waals surface area (Å²) >= 11 is 6.63. The van der Waals surface area contributed by atoms with Crippen molar-refractivity contribution in [3.05, 3.63) is 64.1 Å². The lowest BCUT2D eigenvalue weighted by Gasteiger charge is -2.18. The van der Waals surface area contributed by atoms with Crippen LogP contribution in [0.2, 0.25) is 0 Å². The number of hydrogen-bond acceptors (Lipinski definition) is 6. The van der Waals surface area contributed by atoms with Crippen molar-refractivity contribution in [3.8, 4) is 0 Å². The molecule has 0 aliphatic carbocycles. The number of fused-ring (bicyclic) bond motifs is 1. The van der Waals surface area contributed by atoms with Gasteiger partial charge in [0, 0.05) is 5.56 Å². The molecule has 0 radical (unpaired) electrons. The number of aryl methyl sites for hydroxylation is 1. The number of thioether (sulfide) groups is 1. The minimum Gasteiger partial charge on any atom is -0.465 e. The quantitative estimate of drug-likeness (QED) is 0.397. The second-order valence-electron chi connectivity index (χ2n) is 7.15. The molecule has 2 aliphatic heterocycles. The SMILES string of the molecule is CCOC(=O)CN1C(=O)C(=C2SC(=S)N(c3cccc(C)c3C)C2=O)c2ccccc21. The van der Waals surface area contributed by atoms with Crippen LogP contribution >= 0.6 is 24.0 Å². The van der Waals surface area contributed by atoms with Crippen LogP contribution in [0, 0.1) is 13.8 Å². The highest BCUT2D eigenvalue weighted by Gasteiger charge is 2.43. The average Bonchev–Trinajstić information content (AvgIpc) is 3.17. The largest absolute Gasteiger partial charge is 0.465 e. The third-order valence-electron chi connectivity index (χ3n) is 5.33. The van der Waals surface area contributed by atoms with Gasteiger partial charge in [-0.2, -0.15) is 0 Å². The molecule has 2 aromatic rings. The van der Waals surface area contributed by atoms with Crippen molar-refractivity contribution in [2.45, 2.75) is 20.8 Å². The first-order valence-electron chi connectivity index (χ1n) is 9.78. The Labute approximate surface area is 189 Å². The lowest BCUT2D eigenvalue weighted by molar-refractivity contribution is -0.142. The van der Waals surface area contributed by atoms with E-state index in [9.17, 15) is 14.4 Å². The molecule has 1 fully saturated rings. The van der Waals surface area contributed by atoms with Crippen LogP contribution in [0.5, 0.6) is 0 Å². The molecule has 2 amide bonds. The minimum atomic E-state index is -0.505. The Morgan fingerprint density at radius 3 is 2.48 bits per heavy atom. The number of rotatable bonds is 4. The first-order valence-corrected chi connectivity index (χ1v) is 11.0. The van der Waals surface area contributed by atoms with E-state index in [0.29, 0.717) is 21.3 Å². The van der Waals surface area contributed by atoms with Crippen LogP contribution in [-0.2, 0) is 19.1 Å². The number of para-hydroxylation sites is 1. The van der Waals surface area contributed by atoms with E-state index in [1.807, 2.05) is 32.0 Å². The van der Waals surface area contributed by atoms with Gasteiger partial charge < -0.3 is 4.74 Å².